The molecule has 5 rings (SSSR count). The van der Waals surface area contributed by atoms with Gasteiger partial charge in [-0.1, -0.05) is 24.3 Å². The predicted octanol–water partition coefficient (Wildman–Crippen LogP) is 3.66. The molecule has 1 N–H and O–H groups in total. The average molecular weight is 570 g/mol. The molecule has 2 aliphatic rings. The van der Waals surface area contributed by atoms with E-state index in [-0.39, 0.29) is 22.6 Å². The smallest absolute Gasteiger partial charge is 0.409 e. The molecular formula is C27H27N3O7S2. The second-order valence-electron chi connectivity index (χ2n) is 9.18. The highest BCUT2D eigenvalue weighted by atomic mass is 32.2. The number of benzene rings is 2. The molecule has 0 bridgehead atoms. The standard InChI is InChI=1S/C27H27N3O7S2/c1-36-26(32)23-21-12-13-29(27(33)37-2)16-22(21)38-25(23)28-24(31)18-7-9-20(10-8-18)39(34,35)30-14-11-17-5-3-4-6-19(17)15-30/h3-10H,11-16H2,1-2H3,(H,28,31). The van der Waals surface area contributed by atoms with E-state index in [1.54, 1.807) is 0 Å². The van der Waals surface area contributed by atoms with Crippen molar-refractivity contribution in [1.82, 2.24) is 9.21 Å². The Morgan fingerprint density at radius 1 is 0.897 bits per heavy atom. The van der Waals surface area contributed by atoms with Crippen LogP contribution in [0.4, 0.5) is 9.80 Å². The van der Waals surface area contributed by atoms with Crippen LogP contribution in [0, 0.1) is 0 Å². The summed E-state index contributed by atoms with van der Waals surface area (Å²) in [6.07, 6.45) is 0.582. The summed E-state index contributed by atoms with van der Waals surface area (Å²) in [5.74, 6) is -1.08. The molecule has 2 amide bonds. The Labute approximate surface area is 230 Å². The van der Waals surface area contributed by atoms with Crippen molar-refractivity contribution < 1.29 is 32.3 Å². The van der Waals surface area contributed by atoms with Gasteiger partial charge in [0, 0.05) is 30.1 Å². The van der Waals surface area contributed by atoms with E-state index in [4.69, 9.17) is 9.47 Å². The molecule has 0 aliphatic carbocycles. The van der Waals surface area contributed by atoms with Crippen LogP contribution in [0.25, 0.3) is 0 Å². The summed E-state index contributed by atoms with van der Waals surface area (Å²) < 4.78 is 37.7. The van der Waals surface area contributed by atoms with Crippen molar-refractivity contribution in [3.63, 3.8) is 0 Å². The molecule has 204 valence electrons. The maximum absolute atomic E-state index is 13.3. The second kappa shape index (κ2) is 10.8. The van der Waals surface area contributed by atoms with Gasteiger partial charge in [0.05, 0.1) is 31.2 Å². The molecule has 2 aliphatic heterocycles. The van der Waals surface area contributed by atoms with E-state index >= 15 is 0 Å². The summed E-state index contributed by atoms with van der Waals surface area (Å²) in [4.78, 5) is 40.1. The van der Waals surface area contributed by atoms with Gasteiger partial charge in [-0.05, 0) is 53.8 Å². The fraction of sp³-hybridized carbons (Fsp3) is 0.296. The number of hydrogen-bond acceptors (Lipinski definition) is 8. The molecular weight excluding hydrogens is 542 g/mol. The Morgan fingerprint density at radius 3 is 2.31 bits per heavy atom. The van der Waals surface area contributed by atoms with Gasteiger partial charge in [-0.25, -0.2) is 18.0 Å². The van der Waals surface area contributed by atoms with Crippen molar-refractivity contribution in [3.8, 4) is 0 Å². The third-order valence-corrected chi connectivity index (χ3v) is 9.95. The minimum Gasteiger partial charge on any atom is -0.465 e. The number of esters is 1. The zero-order valence-corrected chi connectivity index (χ0v) is 23.1. The number of thiophene rings is 1. The largest absolute Gasteiger partial charge is 0.465 e. The van der Waals surface area contributed by atoms with E-state index in [2.05, 4.69) is 5.32 Å². The van der Waals surface area contributed by atoms with Crippen molar-refractivity contribution in [2.75, 3.05) is 32.6 Å². The number of ether oxygens (including phenoxy) is 2. The van der Waals surface area contributed by atoms with Crippen LogP contribution < -0.4 is 5.32 Å². The first-order valence-electron chi connectivity index (χ1n) is 12.3. The van der Waals surface area contributed by atoms with Gasteiger partial charge in [0.15, 0.2) is 0 Å². The zero-order valence-electron chi connectivity index (χ0n) is 21.4. The Balaban J connectivity index is 1.34. The zero-order chi connectivity index (χ0) is 27.7. The van der Waals surface area contributed by atoms with Gasteiger partial charge in [0.1, 0.15) is 5.00 Å². The quantitative estimate of drug-likeness (QED) is 0.466. The number of fused-ring (bicyclic) bond motifs is 2. The topological polar surface area (TPSA) is 122 Å². The first-order valence-corrected chi connectivity index (χ1v) is 14.5. The lowest BCUT2D eigenvalue weighted by Crippen LogP contribution is -2.35. The number of rotatable bonds is 5. The molecule has 10 nitrogen and oxygen atoms in total. The molecule has 1 aromatic heterocycles. The van der Waals surface area contributed by atoms with Gasteiger partial charge in [-0.15, -0.1) is 11.3 Å². The van der Waals surface area contributed by atoms with E-state index < -0.39 is 28.0 Å². The summed E-state index contributed by atoms with van der Waals surface area (Å²) in [5.41, 5.74) is 3.36. The molecule has 0 radical (unpaired) electrons. The van der Waals surface area contributed by atoms with Gasteiger partial charge in [0.2, 0.25) is 10.0 Å². The lowest BCUT2D eigenvalue weighted by molar-refractivity contribution is 0.0600. The van der Waals surface area contributed by atoms with E-state index in [0.717, 1.165) is 21.6 Å². The Morgan fingerprint density at radius 2 is 1.62 bits per heavy atom. The summed E-state index contributed by atoms with van der Waals surface area (Å²) in [6, 6.07) is 13.5. The van der Waals surface area contributed by atoms with Crippen molar-refractivity contribution in [2.24, 2.45) is 0 Å². The lowest BCUT2D eigenvalue weighted by atomic mass is 10.0. The number of hydrogen-bond donors (Lipinski definition) is 1. The Kier molecular flexibility index (Phi) is 7.43. The van der Waals surface area contributed by atoms with Crippen LogP contribution in [-0.4, -0.2) is 62.9 Å². The molecule has 0 atom stereocenters. The minimum absolute atomic E-state index is 0.100. The van der Waals surface area contributed by atoms with E-state index in [9.17, 15) is 22.8 Å². The highest BCUT2D eigenvalue weighted by Gasteiger charge is 2.32. The molecule has 12 heteroatoms. The summed E-state index contributed by atoms with van der Waals surface area (Å²) in [5, 5.41) is 3.09. The Hall–Kier alpha value is -3.74. The van der Waals surface area contributed by atoms with Crippen LogP contribution in [0.5, 0.6) is 0 Å². The van der Waals surface area contributed by atoms with Crippen LogP contribution in [0.2, 0.25) is 0 Å². The molecule has 39 heavy (non-hydrogen) atoms. The second-order valence-corrected chi connectivity index (χ2v) is 12.2. The fourth-order valence-corrected chi connectivity index (χ4v) is 7.54. The molecule has 2 aromatic carbocycles. The molecule has 0 saturated heterocycles. The van der Waals surface area contributed by atoms with Gasteiger partial charge in [-0.3, -0.25) is 4.79 Å². The predicted molar refractivity (Wildman–Crippen MR) is 144 cm³/mol. The normalized spacial score (nSPS) is 15.2. The van der Waals surface area contributed by atoms with Crippen molar-refractivity contribution >= 4 is 44.3 Å². The van der Waals surface area contributed by atoms with Gasteiger partial charge >= 0.3 is 12.1 Å². The van der Waals surface area contributed by atoms with E-state index in [1.807, 2.05) is 24.3 Å². The maximum Gasteiger partial charge on any atom is 0.409 e. The number of carbonyl (C=O) groups excluding carboxylic acids is 3. The molecule has 0 unspecified atom stereocenters. The third-order valence-electron chi connectivity index (χ3n) is 6.96. The SMILES string of the molecule is COC(=O)c1c(NC(=O)c2ccc(S(=O)(=O)N3CCc4ccccc4C3)cc2)sc2c1CCN(C(=O)OC)C2. The van der Waals surface area contributed by atoms with Gasteiger partial charge in [0.25, 0.3) is 5.91 Å². The number of anilines is 1. The van der Waals surface area contributed by atoms with Crippen molar-refractivity contribution in [2.45, 2.75) is 30.8 Å². The fourth-order valence-electron chi connectivity index (χ4n) is 4.87. The van der Waals surface area contributed by atoms with Crippen LogP contribution in [0.3, 0.4) is 0 Å². The molecule has 0 fully saturated rings. The number of sulfonamides is 1. The monoisotopic (exact) mass is 569 g/mol. The number of amides is 2. The summed E-state index contributed by atoms with van der Waals surface area (Å²) in [6.45, 7) is 1.30. The molecule has 0 saturated carbocycles. The number of methoxy groups -OCH3 is 2. The van der Waals surface area contributed by atoms with Crippen LogP contribution >= 0.6 is 11.3 Å². The molecule has 0 spiro atoms. The first kappa shape index (κ1) is 26.9. The van der Waals surface area contributed by atoms with E-state index in [0.29, 0.717) is 37.5 Å². The highest BCUT2D eigenvalue weighted by molar-refractivity contribution is 7.89. The number of nitrogens with zero attached hydrogens (tertiary/aromatic N) is 2. The maximum atomic E-state index is 13.3. The first-order chi connectivity index (χ1) is 18.7. The minimum atomic E-state index is -3.74. The van der Waals surface area contributed by atoms with E-state index in [1.165, 1.54) is 59.0 Å². The lowest BCUT2D eigenvalue weighted by Gasteiger charge is -2.28. The number of carbonyl (C=O) groups is 3. The Bertz CT molecular complexity index is 1550. The average Bonchev–Trinajstić information content (AvgIpc) is 3.32. The summed E-state index contributed by atoms with van der Waals surface area (Å²) >= 11 is 1.20. The van der Waals surface area contributed by atoms with Crippen LogP contribution in [0.15, 0.2) is 53.4 Å². The van der Waals surface area contributed by atoms with Gasteiger partial charge < -0.3 is 19.7 Å². The summed E-state index contributed by atoms with van der Waals surface area (Å²) in [7, 11) is -1.17. The van der Waals surface area contributed by atoms with Gasteiger partial charge in [-0.2, -0.15) is 4.31 Å². The third kappa shape index (κ3) is 5.14. The molecule has 3 heterocycles. The van der Waals surface area contributed by atoms with Crippen LogP contribution in [0.1, 0.15) is 42.3 Å². The highest BCUT2D eigenvalue weighted by Crippen LogP contribution is 2.38. The van der Waals surface area contributed by atoms with Crippen molar-refractivity contribution in [3.05, 3.63) is 81.2 Å². The van der Waals surface area contributed by atoms with Crippen LogP contribution in [-0.2, 0) is 45.4 Å². The van der Waals surface area contributed by atoms with Crippen molar-refractivity contribution in [1.29, 1.82) is 0 Å². The molecule has 3 aromatic rings. The number of nitrogens with one attached hydrogen (secondary N) is 1.